The fourth-order valence-electron chi connectivity index (χ4n) is 3.81. The second-order valence-corrected chi connectivity index (χ2v) is 7.34. The van der Waals surface area contributed by atoms with Gasteiger partial charge in [0.25, 0.3) is 5.91 Å². The highest BCUT2D eigenvalue weighted by molar-refractivity contribution is 6.05. The second kappa shape index (κ2) is 8.57. The summed E-state index contributed by atoms with van der Waals surface area (Å²) in [5, 5.41) is 10.4. The first-order chi connectivity index (χ1) is 14.2. The number of carbonyl (C=O) groups excluding carboxylic acids is 1. The first-order valence-electron chi connectivity index (χ1n) is 10.1. The third-order valence-electron chi connectivity index (χ3n) is 5.31. The van der Waals surface area contributed by atoms with Crippen LogP contribution in [-0.2, 0) is 25.9 Å². The number of amides is 1. The monoisotopic (exact) mass is 392 g/mol. The largest absolute Gasteiger partial charge is 0.319 e. The quantitative estimate of drug-likeness (QED) is 0.668. The number of nitrogens with one attached hydrogen (secondary N) is 2. The topological polar surface area (TPSA) is 59.0 Å². The minimum atomic E-state index is -0.328. The molecule has 2 N–H and O–H groups in total. The summed E-state index contributed by atoms with van der Waals surface area (Å²) in [4.78, 5) is 13.0. The van der Waals surface area contributed by atoms with E-state index in [0.717, 1.165) is 36.2 Å². The van der Waals surface area contributed by atoms with E-state index in [1.54, 1.807) is 12.3 Å². The molecule has 3 aromatic rings. The molecule has 1 aliphatic heterocycles. The molecule has 5 nitrogen and oxygen atoms in total. The summed E-state index contributed by atoms with van der Waals surface area (Å²) < 4.78 is 16.8. The highest BCUT2D eigenvalue weighted by atomic mass is 19.1. The molecule has 2 aromatic carbocycles. The molecule has 150 valence electrons. The van der Waals surface area contributed by atoms with Gasteiger partial charge in [0, 0.05) is 6.54 Å². The lowest BCUT2D eigenvalue weighted by atomic mass is 9.99. The zero-order valence-electron chi connectivity index (χ0n) is 16.5. The number of aromatic nitrogens is 2. The van der Waals surface area contributed by atoms with E-state index < -0.39 is 0 Å². The van der Waals surface area contributed by atoms with Crippen LogP contribution in [0.3, 0.4) is 0 Å². The van der Waals surface area contributed by atoms with E-state index in [1.165, 1.54) is 0 Å². The third-order valence-corrected chi connectivity index (χ3v) is 5.31. The lowest BCUT2D eigenvalue weighted by Gasteiger charge is -2.19. The van der Waals surface area contributed by atoms with Crippen molar-refractivity contribution in [2.75, 3.05) is 11.9 Å². The van der Waals surface area contributed by atoms with E-state index in [4.69, 9.17) is 0 Å². The van der Waals surface area contributed by atoms with Crippen molar-refractivity contribution in [1.29, 1.82) is 0 Å². The van der Waals surface area contributed by atoms with Crippen molar-refractivity contribution in [2.45, 2.75) is 39.3 Å². The van der Waals surface area contributed by atoms with Gasteiger partial charge in [0.1, 0.15) is 5.82 Å². The van der Waals surface area contributed by atoms with E-state index in [-0.39, 0.29) is 17.4 Å². The van der Waals surface area contributed by atoms with Crippen molar-refractivity contribution in [3.05, 3.63) is 82.4 Å². The van der Waals surface area contributed by atoms with E-state index in [1.807, 2.05) is 41.1 Å². The number of nitrogens with zero attached hydrogens (tertiary/aromatic N) is 2. The number of halogens is 1. The summed E-state index contributed by atoms with van der Waals surface area (Å²) in [6.07, 6.45) is 3.83. The third kappa shape index (κ3) is 4.07. The fourth-order valence-corrected chi connectivity index (χ4v) is 3.81. The SMILES string of the molecule is CCCc1c(C(=O)Nc2ccc3c(c2F)CCNC3)cnn1Cc1ccccc1. The molecule has 0 saturated carbocycles. The van der Waals surface area contributed by atoms with Crippen molar-refractivity contribution in [3.8, 4) is 0 Å². The van der Waals surface area contributed by atoms with Crippen LogP contribution in [0.4, 0.5) is 10.1 Å². The summed E-state index contributed by atoms with van der Waals surface area (Å²) in [6.45, 7) is 4.07. The van der Waals surface area contributed by atoms with E-state index >= 15 is 0 Å². The van der Waals surface area contributed by atoms with Gasteiger partial charge in [0.2, 0.25) is 0 Å². The molecular weight excluding hydrogens is 367 g/mol. The van der Waals surface area contributed by atoms with Gasteiger partial charge in [0.05, 0.1) is 29.7 Å². The van der Waals surface area contributed by atoms with Crippen LogP contribution in [0.15, 0.2) is 48.7 Å². The predicted molar refractivity (Wildman–Crippen MR) is 112 cm³/mol. The molecule has 0 spiro atoms. The van der Waals surface area contributed by atoms with Crippen LogP contribution < -0.4 is 10.6 Å². The Kier molecular flexibility index (Phi) is 5.71. The highest BCUT2D eigenvalue weighted by Gasteiger charge is 2.21. The summed E-state index contributed by atoms with van der Waals surface area (Å²) in [7, 11) is 0. The van der Waals surface area contributed by atoms with Gasteiger partial charge in [-0.05, 0) is 42.1 Å². The molecule has 6 heteroatoms. The van der Waals surface area contributed by atoms with Crippen LogP contribution in [0.25, 0.3) is 0 Å². The minimum Gasteiger partial charge on any atom is -0.319 e. The van der Waals surface area contributed by atoms with E-state index in [2.05, 4.69) is 22.7 Å². The van der Waals surface area contributed by atoms with Crippen molar-refractivity contribution in [1.82, 2.24) is 15.1 Å². The molecule has 0 bridgehead atoms. The molecule has 1 aromatic heterocycles. The van der Waals surface area contributed by atoms with Crippen LogP contribution in [0, 0.1) is 5.82 Å². The Balaban J connectivity index is 1.59. The predicted octanol–water partition coefficient (Wildman–Crippen LogP) is 3.92. The number of carbonyl (C=O) groups is 1. The summed E-state index contributed by atoms with van der Waals surface area (Å²) in [6, 6.07) is 13.5. The number of rotatable bonds is 6. The molecule has 29 heavy (non-hydrogen) atoms. The normalized spacial score (nSPS) is 13.2. The van der Waals surface area contributed by atoms with Gasteiger partial charge in [-0.1, -0.05) is 49.7 Å². The Hall–Kier alpha value is -2.99. The van der Waals surface area contributed by atoms with E-state index in [9.17, 15) is 9.18 Å². The van der Waals surface area contributed by atoms with Gasteiger partial charge in [-0.2, -0.15) is 5.10 Å². The Morgan fingerprint density at radius 3 is 2.86 bits per heavy atom. The summed E-state index contributed by atoms with van der Waals surface area (Å²) >= 11 is 0. The highest BCUT2D eigenvalue weighted by Crippen LogP contribution is 2.25. The smallest absolute Gasteiger partial charge is 0.259 e. The zero-order valence-corrected chi connectivity index (χ0v) is 16.5. The first-order valence-corrected chi connectivity index (χ1v) is 10.1. The molecule has 0 radical (unpaired) electrons. The maximum atomic E-state index is 14.9. The minimum absolute atomic E-state index is 0.230. The van der Waals surface area contributed by atoms with Gasteiger partial charge in [-0.15, -0.1) is 0 Å². The average molecular weight is 392 g/mol. The molecular formula is C23H25FN4O. The van der Waals surface area contributed by atoms with Crippen LogP contribution >= 0.6 is 0 Å². The molecule has 1 amide bonds. The Morgan fingerprint density at radius 1 is 1.24 bits per heavy atom. The Labute approximate surface area is 169 Å². The number of hydrogen-bond acceptors (Lipinski definition) is 3. The van der Waals surface area contributed by atoms with Crippen LogP contribution in [0.5, 0.6) is 0 Å². The van der Waals surface area contributed by atoms with Crippen LogP contribution in [0.1, 0.15) is 46.1 Å². The maximum Gasteiger partial charge on any atom is 0.259 e. The van der Waals surface area contributed by atoms with Gasteiger partial charge in [0.15, 0.2) is 0 Å². The number of hydrogen-bond donors (Lipinski definition) is 2. The Bertz CT molecular complexity index is 1010. The summed E-state index contributed by atoms with van der Waals surface area (Å²) in [5.41, 5.74) is 4.37. The van der Waals surface area contributed by atoms with Crippen molar-refractivity contribution < 1.29 is 9.18 Å². The number of anilines is 1. The molecule has 4 rings (SSSR count). The molecule has 0 aliphatic carbocycles. The van der Waals surface area contributed by atoms with Crippen molar-refractivity contribution in [2.24, 2.45) is 0 Å². The van der Waals surface area contributed by atoms with Gasteiger partial charge < -0.3 is 10.6 Å². The van der Waals surface area contributed by atoms with Crippen molar-refractivity contribution in [3.63, 3.8) is 0 Å². The maximum absolute atomic E-state index is 14.9. The summed E-state index contributed by atoms with van der Waals surface area (Å²) in [5.74, 6) is -0.647. The van der Waals surface area contributed by atoms with Crippen LogP contribution in [0.2, 0.25) is 0 Å². The van der Waals surface area contributed by atoms with Gasteiger partial charge >= 0.3 is 0 Å². The number of benzene rings is 2. The molecule has 2 heterocycles. The zero-order chi connectivity index (χ0) is 20.2. The second-order valence-electron chi connectivity index (χ2n) is 7.34. The Morgan fingerprint density at radius 2 is 2.07 bits per heavy atom. The molecule has 1 aliphatic rings. The molecule has 0 atom stereocenters. The lowest BCUT2D eigenvalue weighted by molar-refractivity contribution is 0.102. The molecule has 0 fully saturated rings. The fraction of sp³-hybridized carbons (Fsp3) is 0.304. The van der Waals surface area contributed by atoms with Crippen molar-refractivity contribution >= 4 is 11.6 Å². The first kappa shape index (κ1) is 19.3. The standard InChI is InChI=1S/C23H25FN4O/c1-2-6-21-19(14-26-28(21)15-16-7-4-3-5-8-16)23(29)27-20-10-9-17-13-25-12-11-18(17)22(20)24/h3-5,7-10,14,25H,2,6,11-13,15H2,1H3,(H,27,29). The molecule has 0 unspecified atom stereocenters. The average Bonchev–Trinajstić information content (AvgIpc) is 3.14. The molecule has 0 saturated heterocycles. The number of fused-ring (bicyclic) bond motifs is 1. The van der Waals surface area contributed by atoms with Gasteiger partial charge in [-0.3, -0.25) is 9.48 Å². The van der Waals surface area contributed by atoms with E-state index in [0.29, 0.717) is 30.6 Å². The van der Waals surface area contributed by atoms with Gasteiger partial charge in [-0.25, -0.2) is 4.39 Å². The van der Waals surface area contributed by atoms with Crippen LogP contribution in [-0.4, -0.2) is 22.2 Å². The lowest BCUT2D eigenvalue weighted by Crippen LogP contribution is -2.25.